The number of aliphatic hydroxyl groups excluding tert-OH is 1. The summed E-state index contributed by atoms with van der Waals surface area (Å²) in [4.78, 5) is 2.44. The molecule has 0 saturated carbocycles. The van der Waals surface area contributed by atoms with Gasteiger partial charge in [-0.1, -0.05) is 25.5 Å². The molecule has 1 unspecified atom stereocenters. The third kappa shape index (κ3) is 2.38. The molecule has 0 bridgehead atoms. The second-order valence-corrected chi connectivity index (χ2v) is 4.78. The topological polar surface area (TPSA) is 23.5 Å². The molecule has 1 saturated heterocycles. The van der Waals surface area contributed by atoms with Crippen LogP contribution in [0.4, 0.5) is 5.69 Å². The summed E-state index contributed by atoms with van der Waals surface area (Å²) in [5.41, 5.74) is 2.29. The van der Waals surface area contributed by atoms with Crippen LogP contribution in [-0.2, 0) is 0 Å². The van der Waals surface area contributed by atoms with E-state index in [4.69, 9.17) is 0 Å². The summed E-state index contributed by atoms with van der Waals surface area (Å²) in [6, 6.07) is 8.30. The fourth-order valence-corrected chi connectivity index (χ4v) is 2.36. The third-order valence-corrected chi connectivity index (χ3v) is 3.60. The Morgan fingerprint density at radius 1 is 1.38 bits per heavy atom. The van der Waals surface area contributed by atoms with Crippen molar-refractivity contribution >= 4 is 5.69 Å². The van der Waals surface area contributed by atoms with Gasteiger partial charge in [0.25, 0.3) is 0 Å². The SMILES string of the molecule is CCC1CCN(c2ccc([C@@H](C)O)cc2)C1. The number of benzene rings is 1. The molecule has 0 radical (unpaired) electrons. The minimum Gasteiger partial charge on any atom is -0.389 e. The lowest BCUT2D eigenvalue weighted by molar-refractivity contribution is 0.199. The molecule has 2 heteroatoms. The Balaban J connectivity index is 2.05. The van der Waals surface area contributed by atoms with E-state index in [2.05, 4.69) is 24.0 Å². The highest BCUT2D eigenvalue weighted by Gasteiger charge is 2.20. The molecule has 0 aliphatic carbocycles. The summed E-state index contributed by atoms with van der Waals surface area (Å²) in [5, 5.41) is 9.45. The molecule has 1 fully saturated rings. The Morgan fingerprint density at radius 2 is 2.06 bits per heavy atom. The number of anilines is 1. The second kappa shape index (κ2) is 4.88. The largest absolute Gasteiger partial charge is 0.389 e. The summed E-state index contributed by atoms with van der Waals surface area (Å²) in [5.74, 6) is 0.858. The molecular weight excluding hydrogens is 198 g/mol. The zero-order valence-corrected chi connectivity index (χ0v) is 10.2. The summed E-state index contributed by atoms with van der Waals surface area (Å²) < 4.78 is 0. The van der Waals surface area contributed by atoms with Crippen molar-refractivity contribution in [1.29, 1.82) is 0 Å². The van der Waals surface area contributed by atoms with Gasteiger partial charge >= 0.3 is 0 Å². The maximum atomic E-state index is 9.45. The lowest BCUT2D eigenvalue weighted by Gasteiger charge is -2.19. The Hall–Kier alpha value is -1.02. The molecular formula is C14H21NO. The zero-order chi connectivity index (χ0) is 11.5. The lowest BCUT2D eigenvalue weighted by atomic mass is 10.1. The van der Waals surface area contributed by atoms with Gasteiger partial charge in [-0.3, -0.25) is 0 Å². The minimum absolute atomic E-state index is 0.365. The standard InChI is InChI=1S/C14H21NO/c1-3-12-8-9-15(10-12)14-6-4-13(5-7-14)11(2)16/h4-7,11-12,16H,3,8-10H2,1-2H3/t11-,12?/m1/s1. The van der Waals surface area contributed by atoms with Crippen molar-refractivity contribution in [2.45, 2.75) is 32.8 Å². The number of nitrogens with zero attached hydrogens (tertiary/aromatic N) is 1. The molecule has 88 valence electrons. The molecule has 0 aromatic heterocycles. The van der Waals surface area contributed by atoms with Crippen LogP contribution in [0.2, 0.25) is 0 Å². The first-order chi connectivity index (χ1) is 7.70. The maximum Gasteiger partial charge on any atom is 0.0761 e. The van der Waals surface area contributed by atoms with Crippen molar-refractivity contribution in [2.24, 2.45) is 5.92 Å². The Kier molecular flexibility index (Phi) is 3.49. The fourth-order valence-electron chi connectivity index (χ4n) is 2.36. The van der Waals surface area contributed by atoms with Crippen molar-refractivity contribution in [1.82, 2.24) is 0 Å². The summed E-state index contributed by atoms with van der Waals surface area (Å²) in [6.45, 7) is 6.43. The number of hydrogen-bond acceptors (Lipinski definition) is 2. The van der Waals surface area contributed by atoms with Gasteiger partial charge in [0.1, 0.15) is 0 Å². The van der Waals surface area contributed by atoms with E-state index < -0.39 is 0 Å². The summed E-state index contributed by atoms with van der Waals surface area (Å²) in [6.07, 6.45) is 2.23. The average Bonchev–Trinajstić information content (AvgIpc) is 2.77. The van der Waals surface area contributed by atoms with E-state index in [-0.39, 0.29) is 6.10 Å². The monoisotopic (exact) mass is 219 g/mol. The highest BCUT2D eigenvalue weighted by molar-refractivity contribution is 5.48. The number of aliphatic hydroxyl groups is 1. The maximum absolute atomic E-state index is 9.45. The normalized spacial score (nSPS) is 22.4. The first kappa shape index (κ1) is 11.5. The van der Waals surface area contributed by atoms with Crippen LogP contribution < -0.4 is 4.90 Å². The molecule has 16 heavy (non-hydrogen) atoms. The van der Waals surface area contributed by atoms with E-state index in [1.165, 1.54) is 31.6 Å². The van der Waals surface area contributed by atoms with Crippen LogP contribution >= 0.6 is 0 Å². The van der Waals surface area contributed by atoms with Crippen LogP contribution in [0.3, 0.4) is 0 Å². The predicted octanol–water partition coefficient (Wildman–Crippen LogP) is 2.98. The lowest BCUT2D eigenvalue weighted by Crippen LogP contribution is -2.19. The number of rotatable bonds is 3. The van der Waals surface area contributed by atoms with Crippen molar-refractivity contribution in [3.8, 4) is 0 Å². The molecule has 0 spiro atoms. The second-order valence-electron chi connectivity index (χ2n) is 4.78. The molecule has 1 aliphatic heterocycles. The fraction of sp³-hybridized carbons (Fsp3) is 0.571. The quantitative estimate of drug-likeness (QED) is 0.844. The van der Waals surface area contributed by atoms with E-state index in [0.29, 0.717) is 0 Å². The molecule has 2 atom stereocenters. The van der Waals surface area contributed by atoms with Crippen LogP contribution in [0.25, 0.3) is 0 Å². The van der Waals surface area contributed by atoms with Crippen LogP contribution in [0.1, 0.15) is 38.4 Å². The summed E-state index contributed by atoms with van der Waals surface area (Å²) >= 11 is 0. The third-order valence-electron chi connectivity index (χ3n) is 3.60. The molecule has 1 aromatic rings. The predicted molar refractivity (Wildman–Crippen MR) is 67.7 cm³/mol. The first-order valence-electron chi connectivity index (χ1n) is 6.23. The Morgan fingerprint density at radius 3 is 2.56 bits per heavy atom. The van der Waals surface area contributed by atoms with Crippen molar-refractivity contribution < 1.29 is 5.11 Å². The summed E-state index contributed by atoms with van der Waals surface area (Å²) in [7, 11) is 0. The molecule has 0 amide bonds. The molecule has 1 aromatic carbocycles. The van der Waals surface area contributed by atoms with Gasteiger partial charge < -0.3 is 10.0 Å². The van der Waals surface area contributed by atoms with Crippen molar-refractivity contribution in [3.63, 3.8) is 0 Å². The van der Waals surface area contributed by atoms with Crippen LogP contribution in [0, 0.1) is 5.92 Å². The molecule has 2 rings (SSSR count). The first-order valence-corrected chi connectivity index (χ1v) is 6.23. The van der Waals surface area contributed by atoms with Gasteiger partial charge in [-0.2, -0.15) is 0 Å². The van der Waals surface area contributed by atoms with Gasteiger partial charge in [-0.15, -0.1) is 0 Å². The van der Waals surface area contributed by atoms with Gasteiger partial charge in [0.15, 0.2) is 0 Å². The van der Waals surface area contributed by atoms with E-state index in [9.17, 15) is 5.11 Å². The van der Waals surface area contributed by atoms with Crippen molar-refractivity contribution in [3.05, 3.63) is 29.8 Å². The molecule has 1 aliphatic rings. The Bertz CT molecular complexity index is 331. The molecule has 1 heterocycles. The highest BCUT2D eigenvalue weighted by Crippen LogP contribution is 2.26. The van der Waals surface area contributed by atoms with Gasteiger partial charge in [0.2, 0.25) is 0 Å². The van der Waals surface area contributed by atoms with Gasteiger partial charge in [-0.05, 0) is 37.0 Å². The zero-order valence-electron chi connectivity index (χ0n) is 10.2. The van der Waals surface area contributed by atoms with E-state index in [0.717, 1.165) is 11.5 Å². The van der Waals surface area contributed by atoms with Gasteiger partial charge in [0.05, 0.1) is 6.10 Å². The van der Waals surface area contributed by atoms with Crippen molar-refractivity contribution in [2.75, 3.05) is 18.0 Å². The van der Waals surface area contributed by atoms with E-state index in [1.807, 2.05) is 12.1 Å². The average molecular weight is 219 g/mol. The molecule has 1 N–H and O–H groups in total. The Labute approximate surface area is 97.9 Å². The molecule has 2 nitrogen and oxygen atoms in total. The van der Waals surface area contributed by atoms with E-state index in [1.54, 1.807) is 6.92 Å². The van der Waals surface area contributed by atoms with Crippen LogP contribution in [0.5, 0.6) is 0 Å². The van der Waals surface area contributed by atoms with E-state index >= 15 is 0 Å². The number of hydrogen-bond donors (Lipinski definition) is 1. The van der Waals surface area contributed by atoms with Gasteiger partial charge in [-0.25, -0.2) is 0 Å². The smallest absolute Gasteiger partial charge is 0.0761 e. The minimum atomic E-state index is -0.365. The van der Waals surface area contributed by atoms with Gasteiger partial charge in [0, 0.05) is 18.8 Å². The highest BCUT2D eigenvalue weighted by atomic mass is 16.3. The van der Waals surface area contributed by atoms with Crippen LogP contribution in [-0.4, -0.2) is 18.2 Å². The van der Waals surface area contributed by atoms with Crippen LogP contribution in [0.15, 0.2) is 24.3 Å².